The van der Waals surface area contributed by atoms with Crippen molar-refractivity contribution < 1.29 is 0 Å². The number of thioether (sulfide) groups is 1. The summed E-state index contributed by atoms with van der Waals surface area (Å²) in [6, 6.07) is 3.54. The molecule has 0 amide bonds. The number of hydrogen-bond donors (Lipinski definition) is 0. The summed E-state index contributed by atoms with van der Waals surface area (Å²) < 4.78 is 1.68. The second-order valence-electron chi connectivity index (χ2n) is 2.48. The Bertz CT molecular complexity index is 532. The fourth-order valence-electron chi connectivity index (χ4n) is 0.851. The molecule has 0 saturated heterocycles. The Balaban J connectivity index is 2.17. The van der Waals surface area contributed by atoms with Crippen LogP contribution in [0.4, 0.5) is 0 Å². The number of nitrogens with zero attached hydrogens (tertiary/aromatic N) is 5. The predicted molar refractivity (Wildman–Crippen MR) is 62.6 cm³/mol. The van der Waals surface area contributed by atoms with Gasteiger partial charge in [-0.2, -0.15) is 5.26 Å². The third-order valence-electron chi connectivity index (χ3n) is 1.49. The fraction of sp³-hybridized carbons (Fsp3) is 0.125. The van der Waals surface area contributed by atoms with Gasteiger partial charge in [-0.25, -0.2) is 9.97 Å². The smallest absolute Gasteiger partial charge is 0.196 e. The van der Waals surface area contributed by atoms with E-state index in [1.807, 2.05) is 12.3 Å². The molecule has 0 saturated carbocycles. The number of rotatable bonds is 3. The second-order valence-corrected chi connectivity index (χ2v) is 5.72. The molecule has 0 spiro atoms. The zero-order chi connectivity index (χ0) is 11.4. The maximum absolute atomic E-state index is 8.69. The Labute approximate surface area is 104 Å². The Morgan fingerprint density at radius 1 is 1.38 bits per heavy atom. The van der Waals surface area contributed by atoms with Crippen LogP contribution < -0.4 is 0 Å². The quantitative estimate of drug-likeness (QED) is 0.622. The first-order valence-corrected chi connectivity index (χ1v) is 6.96. The number of nitriles is 1. The first-order chi connectivity index (χ1) is 7.81. The van der Waals surface area contributed by atoms with Gasteiger partial charge in [-0.1, -0.05) is 23.1 Å². The molecule has 2 aromatic rings. The summed E-state index contributed by atoms with van der Waals surface area (Å²) in [4.78, 5) is 8.09. The molecule has 0 radical (unpaired) electrons. The van der Waals surface area contributed by atoms with E-state index in [2.05, 4.69) is 20.2 Å². The molecular formula is C8H5N5S3. The van der Waals surface area contributed by atoms with E-state index in [1.165, 1.54) is 23.1 Å². The van der Waals surface area contributed by atoms with Crippen molar-refractivity contribution in [3.63, 3.8) is 0 Å². The van der Waals surface area contributed by atoms with E-state index in [0.29, 0.717) is 10.9 Å². The van der Waals surface area contributed by atoms with E-state index in [-0.39, 0.29) is 0 Å². The third-order valence-corrected chi connectivity index (χ3v) is 4.32. The summed E-state index contributed by atoms with van der Waals surface area (Å²) in [5.74, 6) is 0. The topological polar surface area (TPSA) is 75.3 Å². The molecule has 0 N–H and O–H groups in total. The predicted octanol–water partition coefficient (Wildman–Crippen LogP) is 2.07. The first-order valence-electron chi connectivity index (χ1n) is 4.10. The van der Waals surface area contributed by atoms with Crippen LogP contribution in [0.2, 0.25) is 0 Å². The molecule has 2 aromatic heterocycles. The molecule has 0 aliphatic heterocycles. The molecule has 0 fully saturated rings. The first kappa shape index (κ1) is 11.3. The average Bonchev–Trinajstić information content (AvgIpc) is 2.77. The van der Waals surface area contributed by atoms with Gasteiger partial charge in [0.2, 0.25) is 0 Å². The average molecular weight is 267 g/mol. The van der Waals surface area contributed by atoms with Gasteiger partial charge in [0.05, 0.1) is 0 Å². The molecule has 0 aliphatic rings. The Hall–Kier alpha value is -1.17. The minimum absolute atomic E-state index is 0.354. The lowest BCUT2D eigenvalue weighted by Gasteiger charge is -1.94. The molecule has 2 rings (SSSR count). The van der Waals surface area contributed by atoms with Gasteiger partial charge in [0, 0.05) is 6.20 Å². The lowest BCUT2D eigenvalue weighted by molar-refractivity contribution is 0.930. The Morgan fingerprint density at radius 3 is 2.88 bits per heavy atom. The van der Waals surface area contributed by atoms with Crippen molar-refractivity contribution in [2.75, 3.05) is 6.26 Å². The molecule has 0 aliphatic carbocycles. The van der Waals surface area contributed by atoms with Crippen molar-refractivity contribution in [3.05, 3.63) is 18.0 Å². The van der Waals surface area contributed by atoms with Gasteiger partial charge in [-0.05, 0) is 24.1 Å². The highest BCUT2D eigenvalue weighted by atomic mass is 32.2. The summed E-state index contributed by atoms with van der Waals surface area (Å²) in [6.45, 7) is 0. The van der Waals surface area contributed by atoms with E-state index >= 15 is 0 Å². The van der Waals surface area contributed by atoms with Crippen molar-refractivity contribution in [3.8, 4) is 6.07 Å². The minimum Gasteiger partial charge on any atom is -0.231 e. The van der Waals surface area contributed by atoms with Crippen LogP contribution in [0, 0.1) is 11.3 Å². The summed E-state index contributed by atoms with van der Waals surface area (Å²) >= 11 is 4.34. The highest BCUT2D eigenvalue weighted by molar-refractivity contribution is 8.02. The van der Waals surface area contributed by atoms with Gasteiger partial charge in [0.25, 0.3) is 0 Å². The molecule has 80 valence electrons. The molecule has 0 atom stereocenters. The van der Waals surface area contributed by atoms with E-state index < -0.39 is 0 Å². The Kier molecular flexibility index (Phi) is 3.71. The van der Waals surface area contributed by atoms with Crippen molar-refractivity contribution in [2.24, 2.45) is 0 Å². The third kappa shape index (κ3) is 2.69. The largest absolute Gasteiger partial charge is 0.231 e. The molecule has 5 nitrogen and oxygen atoms in total. The Morgan fingerprint density at radius 2 is 2.19 bits per heavy atom. The van der Waals surface area contributed by atoms with E-state index in [4.69, 9.17) is 5.26 Å². The summed E-state index contributed by atoms with van der Waals surface area (Å²) in [7, 11) is 0. The zero-order valence-electron chi connectivity index (χ0n) is 8.12. The van der Waals surface area contributed by atoms with Crippen LogP contribution in [0.3, 0.4) is 0 Å². The van der Waals surface area contributed by atoms with Crippen LogP contribution in [-0.4, -0.2) is 26.4 Å². The van der Waals surface area contributed by atoms with Gasteiger partial charge in [0.1, 0.15) is 11.8 Å². The van der Waals surface area contributed by atoms with Crippen LogP contribution in [0.5, 0.6) is 0 Å². The second kappa shape index (κ2) is 5.25. The van der Waals surface area contributed by atoms with E-state index in [1.54, 1.807) is 24.0 Å². The highest BCUT2D eigenvalue weighted by Gasteiger charge is 2.07. The fourth-order valence-corrected chi connectivity index (χ4v) is 3.14. The summed E-state index contributed by atoms with van der Waals surface area (Å²) in [6.07, 6.45) is 3.51. The van der Waals surface area contributed by atoms with Gasteiger partial charge < -0.3 is 0 Å². The number of hydrogen-bond acceptors (Lipinski definition) is 8. The van der Waals surface area contributed by atoms with Crippen LogP contribution in [-0.2, 0) is 0 Å². The van der Waals surface area contributed by atoms with Crippen molar-refractivity contribution in [1.82, 2.24) is 20.2 Å². The monoisotopic (exact) mass is 267 g/mol. The maximum Gasteiger partial charge on any atom is 0.196 e. The van der Waals surface area contributed by atoms with Crippen LogP contribution in [0.15, 0.2) is 26.1 Å². The van der Waals surface area contributed by atoms with Crippen molar-refractivity contribution in [1.29, 1.82) is 5.26 Å². The lowest BCUT2D eigenvalue weighted by atomic mass is 10.5. The zero-order valence-corrected chi connectivity index (χ0v) is 10.6. The SMILES string of the molecule is CSc1nnc(Sc2nccc(C#N)n2)s1. The normalized spacial score (nSPS) is 10.0. The molecular weight excluding hydrogens is 262 g/mol. The van der Waals surface area contributed by atoms with E-state index in [9.17, 15) is 0 Å². The molecule has 0 bridgehead atoms. The van der Waals surface area contributed by atoms with Gasteiger partial charge >= 0.3 is 0 Å². The molecule has 0 unspecified atom stereocenters. The lowest BCUT2D eigenvalue weighted by Crippen LogP contribution is -1.88. The standard InChI is InChI=1S/C8H5N5S3/c1-14-7-12-13-8(16-7)15-6-10-3-2-5(4-9)11-6/h2-3H,1H3. The highest BCUT2D eigenvalue weighted by Crippen LogP contribution is 2.30. The molecule has 2 heterocycles. The molecule has 8 heteroatoms. The van der Waals surface area contributed by atoms with Crippen LogP contribution in [0.1, 0.15) is 5.69 Å². The maximum atomic E-state index is 8.69. The minimum atomic E-state index is 0.354. The van der Waals surface area contributed by atoms with Crippen LogP contribution >= 0.6 is 34.9 Å². The van der Waals surface area contributed by atoms with E-state index in [0.717, 1.165) is 8.68 Å². The summed E-state index contributed by atoms with van der Waals surface area (Å²) in [5, 5.41) is 17.2. The van der Waals surface area contributed by atoms with Gasteiger partial charge in [-0.15, -0.1) is 10.2 Å². The summed E-state index contributed by atoms with van der Waals surface area (Å²) in [5.41, 5.74) is 0.354. The van der Waals surface area contributed by atoms with Crippen molar-refractivity contribution in [2.45, 2.75) is 13.8 Å². The molecule has 16 heavy (non-hydrogen) atoms. The van der Waals surface area contributed by atoms with Crippen LogP contribution in [0.25, 0.3) is 0 Å². The molecule has 0 aromatic carbocycles. The van der Waals surface area contributed by atoms with Crippen molar-refractivity contribution >= 4 is 34.9 Å². The van der Waals surface area contributed by atoms with Gasteiger partial charge in [-0.3, -0.25) is 0 Å². The van der Waals surface area contributed by atoms with Gasteiger partial charge in [0.15, 0.2) is 13.8 Å². The number of aromatic nitrogens is 4.